The van der Waals surface area contributed by atoms with Gasteiger partial charge in [-0.2, -0.15) is 4.98 Å². The molecule has 2 aromatic carbocycles. The van der Waals surface area contributed by atoms with Crippen molar-refractivity contribution in [3.63, 3.8) is 0 Å². The monoisotopic (exact) mass is 577 g/mol. The summed E-state index contributed by atoms with van der Waals surface area (Å²) in [5.41, 5.74) is 16.9. The van der Waals surface area contributed by atoms with E-state index in [2.05, 4.69) is 45.0 Å². The molecule has 0 spiro atoms. The summed E-state index contributed by atoms with van der Waals surface area (Å²) in [5, 5.41) is 12.1. The van der Waals surface area contributed by atoms with Crippen molar-refractivity contribution in [2.24, 2.45) is 5.73 Å². The molecule has 1 aliphatic heterocycles. The number of nitrogens with two attached hydrogens (primary N) is 2. The predicted octanol–water partition coefficient (Wildman–Crippen LogP) is 4.91. The first-order valence-electron chi connectivity index (χ1n) is 14.9. The Morgan fingerprint density at radius 2 is 1.81 bits per heavy atom. The summed E-state index contributed by atoms with van der Waals surface area (Å²) >= 11 is 0. The van der Waals surface area contributed by atoms with Crippen LogP contribution in [0.4, 0.5) is 11.8 Å². The van der Waals surface area contributed by atoms with E-state index >= 15 is 0 Å². The molecule has 1 fully saturated rings. The number of aliphatic hydroxyl groups excluding tert-OH is 1. The van der Waals surface area contributed by atoms with Crippen molar-refractivity contribution in [3.05, 3.63) is 53.6 Å². The number of aliphatic hydroxyl groups is 1. The molecule has 0 unspecified atom stereocenters. The molecule has 1 saturated heterocycles. The highest BCUT2D eigenvalue weighted by Gasteiger charge is 2.19. The largest absolute Gasteiger partial charge is 0.496 e. The number of aromatic nitrogens is 3. The van der Waals surface area contributed by atoms with E-state index in [1.165, 1.54) is 19.3 Å². The fourth-order valence-electron chi connectivity index (χ4n) is 5.08. The Balaban J connectivity index is 0.000000338. The number of ether oxygens (including phenoxy) is 1. The fourth-order valence-corrected chi connectivity index (χ4v) is 5.08. The third-order valence-corrected chi connectivity index (χ3v) is 7.15. The highest BCUT2D eigenvalue weighted by molar-refractivity contribution is 6.09. The van der Waals surface area contributed by atoms with E-state index in [0.29, 0.717) is 13.1 Å². The van der Waals surface area contributed by atoms with Crippen LogP contribution in [0.2, 0.25) is 0 Å². The molecule has 42 heavy (non-hydrogen) atoms. The summed E-state index contributed by atoms with van der Waals surface area (Å²) < 4.78 is 7.86. The van der Waals surface area contributed by atoms with Crippen LogP contribution in [-0.2, 0) is 17.9 Å². The summed E-state index contributed by atoms with van der Waals surface area (Å²) in [5.74, 6) is 2.09. The lowest BCUT2D eigenvalue weighted by Gasteiger charge is -2.24. The Bertz CT molecular complexity index is 1430. The number of rotatable bonds is 8. The van der Waals surface area contributed by atoms with Crippen LogP contribution in [0.25, 0.3) is 21.9 Å². The number of likely N-dealkylation sites (tertiary alicyclic amines) is 1. The quantitative estimate of drug-likeness (QED) is 0.216. The van der Waals surface area contributed by atoms with Crippen LogP contribution >= 0.6 is 0 Å². The highest BCUT2D eigenvalue weighted by Crippen LogP contribution is 2.34. The third kappa shape index (κ3) is 8.33. The summed E-state index contributed by atoms with van der Waals surface area (Å²) in [6.07, 6.45) is 5.84. The van der Waals surface area contributed by atoms with Gasteiger partial charge in [-0.25, -0.2) is 4.98 Å². The average Bonchev–Trinajstić information content (AvgIpc) is 3.31. The van der Waals surface area contributed by atoms with Gasteiger partial charge in [0.05, 0.1) is 19.2 Å². The second kappa shape index (κ2) is 16.5. The van der Waals surface area contributed by atoms with Crippen LogP contribution in [0.15, 0.2) is 42.5 Å². The molecule has 228 valence electrons. The van der Waals surface area contributed by atoms with E-state index < -0.39 is 0 Å². The van der Waals surface area contributed by atoms with Gasteiger partial charge in [0.25, 0.3) is 0 Å². The number of anilines is 2. The minimum Gasteiger partial charge on any atom is -0.496 e. The first kappa shape index (κ1) is 32.6. The van der Waals surface area contributed by atoms with Gasteiger partial charge in [-0.1, -0.05) is 37.6 Å². The number of methoxy groups -OCH3 is 1. The fraction of sp³-hybridized carbons (Fsp3) is 0.469. The standard InChI is InChI=1S/C23H28N6O.C7H13NO.C2H6O/c1-3-4-11-26-22-21-20(27-23(25)28-22)17-7-5-6-8-18(17)29(21)14-16-12-15(13-24)9-10-19(16)30-2;1-7(9)8-5-3-2-4-6-8;1-2-3/h5-10,12H,3-4,11,13-14,24H2,1-2H3,(H3,25,26,27,28);2-6H2,1H3;3H,2H2,1H3. The number of carbonyl (C=O) groups is 1. The van der Waals surface area contributed by atoms with Crippen molar-refractivity contribution < 1.29 is 14.6 Å². The zero-order chi connectivity index (χ0) is 30.5. The first-order valence-corrected chi connectivity index (χ1v) is 14.9. The van der Waals surface area contributed by atoms with Crippen molar-refractivity contribution in [1.82, 2.24) is 19.4 Å². The van der Waals surface area contributed by atoms with E-state index in [9.17, 15) is 4.79 Å². The SMILES string of the molecule is CC(=O)N1CCCCC1.CCCCNc1nc(N)nc2c3ccccc3n(Cc3cc(CN)ccc3OC)c12.CCO. The zero-order valence-electron chi connectivity index (χ0n) is 25.5. The number of carbonyl (C=O) groups excluding carboxylic acids is 1. The second-order valence-electron chi connectivity index (χ2n) is 10.2. The van der Waals surface area contributed by atoms with Crippen LogP contribution in [0.1, 0.15) is 64.0 Å². The normalized spacial score (nSPS) is 12.8. The molecule has 0 saturated carbocycles. The molecule has 2 aromatic heterocycles. The maximum absolute atomic E-state index is 10.7. The van der Waals surface area contributed by atoms with Crippen LogP contribution in [-0.4, -0.2) is 63.8 Å². The molecular formula is C32H47N7O3. The number of hydrogen-bond donors (Lipinski definition) is 4. The van der Waals surface area contributed by atoms with Gasteiger partial charge in [0.15, 0.2) is 5.82 Å². The molecule has 10 heteroatoms. The number of fused-ring (bicyclic) bond motifs is 3. The van der Waals surface area contributed by atoms with Crippen molar-refractivity contribution in [2.45, 2.75) is 66.0 Å². The Kier molecular flexibility index (Phi) is 12.8. The summed E-state index contributed by atoms with van der Waals surface area (Å²) in [4.78, 5) is 21.8. The Hall–Kier alpha value is -3.89. The van der Waals surface area contributed by atoms with Gasteiger partial charge in [-0.15, -0.1) is 0 Å². The lowest BCUT2D eigenvalue weighted by atomic mass is 10.1. The topological polar surface area (TPSA) is 145 Å². The summed E-state index contributed by atoms with van der Waals surface area (Å²) in [6.45, 7) is 9.62. The highest BCUT2D eigenvalue weighted by atomic mass is 16.5. The van der Waals surface area contributed by atoms with Crippen molar-refractivity contribution in [1.29, 1.82) is 0 Å². The van der Waals surface area contributed by atoms with Gasteiger partial charge in [0, 0.05) is 50.7 Å². The zero-order valence-corrected chi connectivity index (χ0v) is 25.5. The minimum absolute atomic E-state index is 0.231. The van der Waals surface area contributed by atoms with E-state index in [1.54, 1.807) is 21.0 Å². The maximum atomic E-state index is 10.7. The third-order valence-electron chi connectivity index (χ3n) is 7.15. The molecule has 3 heterocycles. The second-order valence-corrected chi connectivity index (χ2v) is 10.2. The number of para-hydroxylation sites is 1. The van der Waals surface area contributed by atoms with Crippen LogP contribution in [0, 0.1) is 0 Å². The molecule has 6 N–H and O–H groups in total. The number of hydrogen-bond acceptors (Lipinski definition) is 8. The number of nitrogens with one attached hydrogen (secondary N) is 1. The molecule has 0 radical (unpaired) electrons. The van der Waals surface area contributed by atoms with E-state index in [1.807, 2.05) is 29.2 Å². The number of benzene rings is 2. The van der Waals surface area contributed by atoms with Crippen molar-refractivity contribution >= 4 is 39.6 Å². The number of amides is 1. The number of piperidine rings is 1. The average molecular weight is 578 g/mol. The molecule has 1 aliphatic rings. The molecule has 10 nitrogen and oxygen atoms in total. The molecule has 0 atom stereocenters. The van der Waals surface area contributed by atoms with Gasteiger partial charge >= 0.3 is 0 Å². The Morgan fingerprint density at radius 3 is 2.43 bits per heavy atom. The van der Waals surface area contributed by atoms with E-state index in [4.69, 9.17) is 21.3 Å². The Morgan fingerprint density at radius 1 is 1.10 bits per heavy atom. The van der Waals surface area contributed by atoms with Gasteiger partial charge in [0.2, 0.25) is 11.9 Å². The summed E-state index contributed by atoms with van der Waals surface area (Å²) in [6, 6.07) is 14.3. The van der Waals surface area contributed by atoms with Gasteiger partial charge in [-0.05, 0) is 56.4 Å². The van der Waals surface area contributed by atoms with Gasteiger partial charge in [-0.3, -0.25) is 4.79 Å². The summed E-state index contributed by atoms with van der Waals surface area (Å²) in [7, 11) is 1.69. The number of nitrogen functional groups attached to an aromatic ring is 1. The number of unbranched alkanes of at least 4 members (excludes halogenated alkanes) is 1. The van der Waals surface area contributed by atoms with Gasteiger partial charge in [0.1, 0.15) is 16.8 Å². The van der Waals surface area contributed by atoms with E-state index in [0.717, 1.165) is 77.1 Å². The van der Waals surface area contributed by atoms with Crippen LogP contribution < -0.4 is 21.5 Å². The van der Waals surface area contributed by atoms with Crippen LogP contribution in [0.3, 0.4) is 0 Å². The molecule has 0 aliphatic carbocycles. The minimum atomic E-state index is 0.231. The van der Waals surface area contributed by atoms with Crippen molar-refractivity contribution in [2.75, 3.05) is 44.4 Å². The molecule has 1 amide bonds. The molecule has 0 bridgehead atoms. The molecular weight excluding hydrogens is 530 g/mol. The lowest BCUT2D eigenvalue weighted by Crippen LogP contribution is -2.33. The molecule has 5 rings (SSSR count). The van der Waals surface area contributed by atoms with Gasteiger partial charge < -0.3 is 36.1 Å². The smallest absolute Gasteiger partial charge is 0.222 e. The lowest BCUT2D eigenvalue weighted by molar-refractivity contribution is -0.129. The predicted molar refractivity (Wildman–Crippen MR) is 172 cm³/mol. The van der Waals surface area contributed by atoms with E-state index in [-0.39, 0.29) is 18.5 Å². The maximum Gasteiger partial charge on any atom is 0.222 e. The first-order chi connectivity index (χ1) is 20.4. The molecule has 4 aromatic rings. The van der Waals surface area contributed by atoms with Crippen molar-refractivity contribution in [3.8, 4) is 5.75 Å². The van der Waals surface area contributed by atoms with Crippen LogP contribution in [0.5, 0.6) is 5.75 Å². The Labute approximate surface area is 249 Å². The number of nitrogens with zero attached hydrogens (tertiary/aromatic N) is 4.